The smallest absolute Gasteiger partial charge is 0.326 e. The van der Waals surface area contributed by atoms with E-state index in [1.54, 1.807) is 6.92 Å². The quantitative estimate of drug-likeness (QED) is 0.447. The summed E-state index contributed by atoms with van der Waals surface area (Å²) in [6, 6.07) is -2.58. The lowest BCUT2D eigenvalue weighted by molar-refractivity contribution is -0.147. The van der Waals surface area contributed by atoms with Crippen LogP contribution in [0.4, 0.5) is 4.79 Å². The van der Waals surface area contributed by atoms with Crippen LogP contribution in [0.3, 0.4) is 0 Å². The Balaban J connectivity index is 4.42. The SMILES string of the molecule is C#CC(CC)NC(=O)N[C@@H](CC(=O)OC)C(=O)O. The molecular formula is C11H16N2O5. The summed E-state index contributed by atoms with van der Waals surface area (Å²) < 4.78 is 4.33. The number of carboxylic acid groups (broad SMARTS) is 1. The lowest BCUT2D eigenvalue weighted by Crippen LogP contribution is -2.49. The topological polar surface area (TPSA) is 105 Å². The molecule has 0 spiro atoms. The standard InChI is InChI=1S/C11H16N2O5/c1-4-7(5-2)12-11(17)13-8(10(15)16)6-9(14)18-3/h1,7-8H,5-6H2,2-3H3,(H,15,16)(H2,12,13,17)/t7?,8-/m0/s1. The molecule has 0 aromatic carbocycles. The van der Waals surface area contributed by atoms with Crippen molar-refractivity contribution in [3.05, 3.63) is 0 Å². The zero-order valence-corrected chi connectivity index (χ0v) is 10.2. The molecule has 2 atom stereocenters. The zero-order valence-electron chi connectivity index (χ0n) is 10.2. The number of terminal acetylenes is 1. The lowest BCUT2D eigenvalue weighted by atomic mass is 10.2. The molecule has 2 amide bonds. The molecule has 0 heterocycles. The largest absolute Gasteiger partial charge is 0.480 e. The van der Waals surface area contributed by atoms with E-state index in [2.05, 4.69) is 21.3 Å². The number of esters is 1. The van der Waals surface area contributed by atoms with Crippen molar-refractivity contribution < 1.29 is 24.2 Å². The first-order valence-electron chi connectivity index (χ1n) is 5.27. The second-order valence-corrected chi connectivity index (χ2v) is 3.42. The van der Waals surface area contributed by atoms with Crippen LogP contribution in [-0.4, -0.2) is 42.3 Å². The lowest BCUT2D eigenvalue weighted by Gasteiger charge is -2.16. The van der Waals surface area contributed by atoms with E-state index in [1.165, 1.54) is 0 Å². The van der Waals surface area contributed by atoms with Gasteiger partial charge in [0.1, 0.15) is 6.04 Å². The number of hydrogen-bond donors (Lipinski definition) is 3. The highest BCUT2D eigenvalue weighted by Gasteiger charge is 2.24. The first-order chi connectivity index (χ1) is 8.44. The minimum absolute atomic E-state index is 0.452. The Morgan fingerprint density at radius 1 is 1.39 bits per heavy atom. The summed E-state index contributed by atoms with van der Waals surface area (Å²) in [5.74, 6) is 0.267. The van der Waals surface area contributed by atoms with E-state index in [-0.39, 0.29) is 0 Å². The van der Waals surface area contributed by atoms with Crippen LogP contribution in [-0.2, 0) is 14.3 Å². The Labute approximate surface area is 105 Å². The number of carboxylic acids is 1. The summed E-state index contributed by atoms with van der Waals surface area (Å²) in [6.45, 7) is 1.77. The average molecular weight is 256 g/mol. The minimum Gasteiger partial charge on any atom is -0.480 e. The minimum atomic E-state index is -1.35. The molecule has 0 fully saturated rings. The van der Waals surface area contributed by atoms with Crippen molar-refractivity contribution in [3.8, 4) is 12.3 Å². The third-order valence-electron chi connectivity index (χ3n) is 2.12. The normalized spacial score (nSPS) is 12.7. The molecule has 100 valence electrons. The predicted molar refractivity (Wildman–Crippen MR) is 62.6 cm³/mol. The molecule has 18 heavy (non-hydrogen) atoms. The molecule has 0 saturated carbocycles. The molecule has 0 aliphatic rings. The third kappa shape index (κ3) is 5.75. The maximum absolute atomic E-state index is 11.4. The van der Waals surface area contributed by atoms with E-state index >= 15 is 0 Å². The van der Waals surface area contributed by atoms with Crippen molar-refractivity contribution in [2.45, 2.75) is 31.8 Å². The van der Waals surface area contributed by atoms with Gasteiger partial charge in [0.05, 0.1) is 19.6 Å². The van der Waals surface area contributed by atoms with Gasteiger partial charge in [0, 0.05) is 0 Å². The maximum atomic E-state index is 11.4. The van der Waals surface area contributed by atoms with Crippen molar-refractivity contribution in [1.29, 1.82) is 0 Å². The molecule has 3 N–H and O–H groups in total. The molecule has 0 rings (SSSR count). The van der Waals surface area contributed by atoms with Crippen LogP contribution < -0.4 is 10.6 Å². The number of hydrogen-bond acceptors (Lipinski definition) is 4. The summed E-state index contributed by atoms with van der Waals surface area (Å²) in [5, 5.41) is 13.4. The Hall–Kier alpha value is -2.23. The molecule has 7 heteroatoms. The van der Waals surface area contributed by atoms with Gasteiger partial charge in [-0.2, -0.15) is 0 Å². The van der Waals surface area contributed by atoms with Crippen molar-refractivity contribution in [2.24, 2.45) is 0 Å². The molecule has 0 aliphatic carbocycles. The van der Waals surface area contributed by atoms with E-state index in [0.717, 1.165) is 7.11 Å². The Bertz CT molecular complexity index is 361. The van der Waals surface area contributed by atoms with E-state index in [0.29, 0.717) is 6.42 Å². The molecule has 0 radical (unpaired) electrons. The van der Waals surface area contributed by atoms with Gasteiger partial charge in [0.2, 0.25) is 0 Å². The molecule has 0 bridgehead atoms. The van der Waals surface area contributed by atoms with Gasteiger partial charge in [0.25, 0.3) is 0 Å². The fourth-order valence-electron chi connectivity index (χ4n) is 1.07. The first-order valence-corrected chi connectivity index (χ1v) is 5.27. The molecule has 0 aliphatic heterocycles. The van der Waals surface area contributed by atoms with Gasteiger partial charge in [-0.3, -0.25) is 4.79 Å². The fraction of sp³-hybridized carbons (Fsp3) is 0.545. The van der Waals surface area contributed by atoms with Gasteiger partial charge in [-0.1, -0.05) is 12.8 Å². The molecule has 7 nitrogen and oxygen atoms in total. The number of methoxy groups -OCH3 is 1. The summed E-state index contributed by atoms with van der Waals surface area (Å²) in [4.78, 5) is 33.2. The third-order valence-corrected chi connectivity index (χ3v) is 2.12. The summed E-state index contributed by atoms with van der Waals surface area (Å²) in [6.07, 6.45) is 5.20. The van der Waals surface area contributed by atoms with Crippen LogP contribution in [0.1, 0.15) is 19.8 Å². The number of aliphatic carboxylic acids is 1. The number of amides is 2. The van der Waals surface area contributed by atoms with Gasteiger partial charge in [0.15, 0.2) is 0 Å². The van der Waals surface area contributed by atoms with Gasteiger partial charge >= 0.3 is 18.0 Å². The van der Waals surface area contributed by atoms with Crippen LogP contribution in [0, 0.1) is 12.3 Å². The Morgan fingerprint density at radius 3 is 2.39 bits per heavy atom. The van der Waals surface area contributed by atoms with Crippen LogP contribution in [0.25, 0.3) is 0 Å². The van der Waals surface area contributed by atoms with Crippen molar-refractivity contribution in [3.63, 3.8) is 0 Å². The van der Waals surface area contributed by atoms with Gasteiger partial charge in [-0.25, -0.2) is 9.59 Å². The van der Waals surface area contributed by atoms with Crippen molar-refractivity contribution in [1.82, 2.24) is 10.6 Å². The van der Waals surface area contributed by atoms with E-state index in [9.17, 15) is 14.4 Å². The van der Waals surface area contributed by atoms with E-state index in [4.69, 9.17) is 11.5 Å². The highest BCUT2D eigenvalue weighted by molar-refractivity contribution is 5.86. The zero-order chi connectivity index (χ0) is 14.1. The predicted octanol–water partition coefficient (Wildman–Crippen LogP) is -0.286. The van der Waals surface area contributed by atoms with Crippen molar-refractivity contribution >= 4 is 18.0 Å². The van der Waals surface area contributed by atoms with Crippen LogP contribution in [0.2, 0.25) is 0 Å². The van der Waals surface area contributed by atoms with Crippen LogP contribution in [0.5, 0.6) is 0 Å². The molecule has 0 saturated heterocycles. The number of carbonyl (C=O) groups excluding carboxylic acids is 2. The molecule has 0 aromatic heterocycles. The van der Waals surface area contributed by atoms with Crippen molar-refractivity contribution in [2.75, 3.05) is 7.11 Å². The highest BCUT2D eigenvalue weighted by atomic mass is 16.5. The number of urea groups is 1. The van der Waals surface area contributed by atoms with Crippen LogP contribution >= 0.6 is 0 Å². The summed E-state index contributed by atoms with van der Waals surface area (Å²) in [5.41, 5.74) is 0. The van der Waals surface area contributed by atoms with Gasteiger partial charge < -0.3 is 20.5 Å². The molecule has 0 aromatic rings. The number of nitrogens with one attached hydrogen (secondary N) is 2. The Kier molecular flexibility index (Phi) is 6.96. The van der Waals surface area contributed by atoms with E-state index < -0.39 is 36.5 Å². The number of carbonyl (C=O) groups is 3. The second kappa shape index (κ2) is 7.95. The monoisotopic (exact) mass is 256 g/mol. The van der Waals surface area contributed by atoms with Gasteiger partial charge in [-0.15, -0.1) is 6.42 Å². The Morgan fingerprint density at radius 2 is 2.00 bits per heavy atom. The summed E-state index contributed by atoms with van der Waals surface area (Å²) in [7, 11) is 1.13. The average Bonchev–Trinajstić information content (AvgIpc) is 2.34. The first kappa shape index (κ1) is 15.8. The van der Waals surface area contributed by atoms with Gasteiger partial charge in [-0.05, 0) is 6.42 Å². The number of rotatable bonds is 6. The molecular weight excluding hydrogens is 240 g/mol. The second-order valence-electron chi connectivity index (χ2n) is 3.42. The maximum Gasteiger partial charge on any atom is 0.326 e. The summed E-state index contributed by atoms with van der Waals surface area (Å²) >= 11 is 0. The highest BCUT2D eigenvalue weighted by Crippen LogP contribution is 1.96. The van der Waals surface area contributed by atoms with Crippen LogP contribution in [0.15, 0.2) is 0 Å². The number of ether oxygens (including phenoxy) is 1. The fourth-order valence-corrected chi connectivity index (χ4v) is 1.07. The molecule has 1 unspecified atom stereocenters. The van der Waals surface area contributed by atoms with E-state index in [1.807, 2.05) is 0 Å².